The van der Waals surface area contributed by atoms with Gasteiger partial charge in [-0.3, -0.25) is 19.2 Å². The van der Waals surface area contributed by atoms with E-state index in [0.29, 0.717) is 60.6 Å². The van der Waals surface area contributed by atoms with Gasteiger partial charge in [0, 0.05) is 25.5 Å². The molecule has 0 aromatic heterocycles. The molecule has 228 valence electrons. The number of nitrogens with one attached hydrogen (secondary N) is 3. The van der Waals surface area contributed by atoms with Crippen LogP contribution in [0.2, 0.25) is 0 Å². The van der Waals surface area contributed by atoms with E-state index in [9.17, 15) is 19.2 Å². The number of benzene rings is 1. The van der Waals surface area contributed by atoms with Crippen molar-refractivity contribution in [3.63, 3.8) is 0 Å². The fourth-order valence-corrected chi connectivity index (χ4v) is 5.16. The van der Waals surface area contributed by atoms with Crippen LogP contribution < -0.4 is 35.6 Å². The normalized spacial score (nSPS) is 14.3. The van der Waals surface area contributed by atoms with Gasteiger partial charge in [0.15, 0.2) is 11.5 Å². The van der Waals surface area contributed by atoms with E-state index in [1.807, 2.05) is 6.07 Å². The highest BCUT2D eigenvalue weighted by molar-refractivity contribution is 5.85. The van der Waals surface area contributed by atoms with Gasteiger partial charge in [0.05, 0.1) is 40.2 Å². The van der Waals surface area contributed by atoms with E-state index < -0.39 is 12.1 Å². The molecule has 2 unspecified atom stereocenters. The molecular weight excluding hydrogens is 542 g/mol. The number of fused-ring (bicyclic) bond motifs is 3. The molecule has 11 nitrogen and oxygen atoms in total. The minimum Gasteiger partial charge on any atom is -0.493 e. The molecule has 0 aliphatic heterocycles. The maximum Gasteiger partial charge on any atom is 0.305 e. The second kappa shape index (κ2) is 15.1. The Labute approximate surface area is 246 Å². The van der Waals surface area contributed by atoms with Crippen molar-refractivity contribution >= 4 is 23.5 Å². The lowest BCUT2D eigenvalue weighted by Gasteiger charge is -2.19. The molecule has 2 amide bonds. The highest BCUT2D eigenvalue weighted by Crippen LogP contribution is 2.50. The Morgan fingerprint density at radius 3 is 2.36 bits per heavy atom. The third kappa shape index (κ3) is 7.71. The summed E-state index contributed by atoms with van der Waals surface area (Å²) in [5, 5.41) is 8.89. The number of esters is 1. The van der Waals surface area contributed by atoms with Crippen LogP contribution in [-0.4, -0.2) is 58.8 Å². The van der Waals surface area contributed by atoms with Gasteiger partial charge in [0.2, 0.25) is 23.0 Å². The molecule has 0 radical (unpaired) electrons. The summed E-state index contributed by atoms with van der Waals surface area (Å²) < 4.78 is 21.6. The van der Waals surface area contributed by atoms with Crippen LogP contribution in [0.4, 0.5) is 5.69 Å². The lowest BCUT2D eigenvalue weighted by molar-refractivity contribution is -0.140. The minimum atomic E-state index is -0.688. The zero-order chi connectivity index (χ0) is 30.8. The maximum atomic E-state index is 13.5. The van der Waals surface area contributed by atoms with Crippen molar-refractivity contribution in [1.82, 2.24) is 10.6 Å². The minimum absolute atomic E-state index is 0.216. The molecule has 0 saturated heterocycles. The molecule has 42 heavy (non-hydrogen) atoms. The number of carbonyl (C=O) groups is 3. The van der Waals surface area contributed by atoms with E-state index in [1.165, 1.54) is 27.2 Å². The second-order valence-corrected chi connectivity index (χ2v) is 10.1. The average Bonchev–Trinajstić information content (AvgIpc) is 3.21. The molecule has 0 saturated carbocycles. The van der Waals surface area contributed by atoms with Crippen molar-refractivity contribution in [3.8, 4) is 28.4 Å². The van der Waals surface area contributed by atoms with Gasteiger partial charge in [-0.2, -0.15) is 0 Å². The molecule has 0 heterocycles. The van der Waals surface area contributed by atoms with Crippen molar-refractivity contribution in [3.05, 3.63) is 45.6 Å². The van der Waals surface area contributed by atoms with Crippen LogP contribution in [0.15, 0.2) is 29.1 Å². The highest BCUT2D eigenvalue weighted by Gasteiger charge is 2.29. The molecule has 0 bridgehead atoms. The Morgan fingerprint density at radius 2 is 1.71 bits per heavy atom. The van der Waals surface area contributed by atoms with E-state index in [2.05, 4.69) is 20.7 Å². The summed E-state index contributed by atoms with van der Waals surface area (Å²) in [7, 11) is 5.99. The molecule has 1 aliphatic rings. The number of rotatable bonds is 13. The van der Waals surface area contributed by atoms with E-state index in [0.717, 1.165) is 24.0 Å². The Hall–Kier alpha value is -4.28. The Bertz CT molecular complexity index is 1360. The summed E-state index contributed by atoms with van der Waals surface area (Å²) in [6.45, 7) is 3.57. The molecule has 2 atom stereocenters. The van der Waals surface area contributed by atoms with E-state index in [1.54, 1.807) is 33.3 Å². The predicted molar refractivity (Wildman–Crippen MR) is 159 cm³/mol. The van der Waals surface area contributed by atoms with E-state index >= 15 is 0 Å². The topological polar surface area (TPSA) is 141 Å². The Kier molecular flexibility index (Phi) is 11.6. The first-order valence-electron chi connectivity index (χ1n) is 14.0. The fraction of sp³-hybridized carbons (Fsp3) is 0.484. The van der Waals surface area contributed by atoms with Gasteiger partial charge >= 0.3 is 5.97 Å². The Morgan fingerprint density at radius 1 is 0.976 bits per heavy atom. The summed E-state index contributed by atoms with van der Waals surface area (Å²) in [5.74, 6) is 0.683. The van der Waals surface area contributed by atoms with Crippen LogP contribution >= 0.6 is 0 Å². The van der Waals surface area contributed by atoms with Gasteiger partial charge in [-0.1, -0.05) is 12.5 Å². The predicted octanol–water partition coefficient (Wildman–Crippen LogP) is 3.51. The number of ether oxygens (including phenoxy) is 4. The lowest BCUT2D eigenvalue weighted by Crippen LogP contribution is -2.38. The SMILES string of the molecule is COC(=O)CCCCCNC(=O)C(C)Nc1ccc2c(cc1=O)C(NC(C)=O)CCc1cc(OC)c(OC)c(OC)c1-2. The molecule has 0 fully saturated rings. The summed E-state index contributed by atoms with van der Waals surface area (Å²) >= 11 is 0. The van der Waals surface area contributed by atoms with Crippen molar-refractivity contribution in [1.29, 1.82) is 0 Å². The smallest absolute Gasteiger partial charge is 0.305 e. The largest absolute Gasteiger partial charge is 0.493 e. The fourth-order valence-electron chi connectivity index (χ4n) is 5.16. The summed E-state index contributed by atoms with van der Waals surface area (Å²) in [6.07, 6.45) is 3.67. The number of amides is 2. The monoisotopic (exact) mass is 583 g/mol. The number of hydrogen-bond acceptors (Lipinski definition) is 9. The van der Waals surface area contributed by atoms with Gasteiger partial charge in [0.25, 0.3) is 0 Å². The summed E-state index contributed by atoms with van der Waals surface area (Å²) in [6, 6.07) is 5.73. The number of anilines is 1. The number of aryl methyl sites for hydroxylation is 1. The quantitative estimate of drug-likeness (QED) is 0.239. The molecule has 1 aliphatic carbocycles. The van der Waals surface area contributed by atoms with E-state index in [-0.39, 0.29) is 28.9 Å². The van der Waals surface area contributed by atoms with Crippen LogP contribution in [0.3, 0.4) is 0 Å². The molecule has 2 aromatic carbocycles. The van der Waals surface area contributed by atoms with Gasteiger partial charge in [-0.05, 0) is 67.5 Å². The van der Waals surface area contributed by atoms with E-state index in [4.69, 9.17) is 14.2 Å². The average molecular weight is 584 g/mol. The second-order valence-electron chi connectivity index (χ2n) is 10.1. The molecule has 3 rings (SSSR count). The van der Waals surface area contributed by atoms with Crippen molar-refractivity contribution in [2.24, 2.45) is 0 Å². The molecule has 11 heteroatoms. The van der Waals surface area contributed by atoms with Crippen molar-refractivity contribution in [2.75, 3.05) is 40.3 Å². The van der Waals surface area contributed by atoms with Crippen LogP contribution in [-0.2, 0) is 25.5 Å². The first-order valence-corrected chi connectivity index (χ1v) is 14.0. The van der Waals surface area contributed by atoms with Gasteiger partial charge in [0.1, 0.15) is 6.04 Å². The number of unbranched alkanes of at least 4 members (excludes halogenated alkanes) is 2. The summed E-state index contributed by atoms with van der Waals surface area (Å²) in [5.41, 5.74) is 2.93. The standard InChI is InChI=1S/C31H41N3O8/c1-18(31(38)32-15-9-7-8-10-27(37)40-4)33-24-14-12-21-22(17-25(24)36)23(34-19(2)35)13-11-20-16-26(39-3)29(41-5)30(42-6)28(20)21/h12,14,16-18,23H,7-11,13,15H2,1-6H3,(H,32,38)(H,33,36)(H,34,35). The highest BCUT2D eigenvalue weighted by atomic mass is 16.5. The molecule has 3 N–H and O–H groups in total. The van der Waals surface area contributed by atoms with Crippen LogP contribution in [0.25, 0.3) is 11.1 Å². The first kappa shape index (κ1) is 32.2. The molecule has 2 aromatic rings. The third-order valence-corrected chi connectivity index (χ3v) is 7.27. The van der Waals surface area contributed by atoms with Crippen molar-refractivity contribution in [2.45, 2.75) is 64.5 Å². The zero-order valence-corrected chi connectivity index (χ0v) is 25.2. The number of methoxy groups -OCH3 is 4. The van der Waals surface area contributed by atoms with Gasteiger partial charge < -0.3 is 34.9 Å². The maximum absolute atomic E-state index is 13.5. The zero-order valence-electron chi connectivity index (χ0n) is 25.2. The summed E-state index contributed by atoms with van der Waals surface area (Å²) in [4.78, 5) is 49.6. The van der Waals surface area contributed by atoms with Crippen LogP contribution in [0.1, 0.15) is 63.1 Å². The number of carbonyl (C=O) groups excluding carboxylic acids is 3. The Balaban J connectivity index is 1.93. The van der Waals surface area contributed by atoms with Gasteiger partial charge in [-0.25, -0.2) is 0 Å². The third-order valence-electron chi connectivity index (χ3n) is 7.27. The first-order chi connectivity index (χ1) is 20.1. The molecular formula is C31H41N3O8. The van der Waals surface area contributed by atoms with Crippen LogP contribution in [0, 0.1) is 0 Å². The molecule has 0 spiro atoms. The van der Waals surface area contributed by atoms with Gasteiger partial charge in [-0.15, -0.1) is 0 Å². The van der Waals surface area contributed by atoms with Crippen LogP contribution in [0.5, 0.6) is 17.2 Å². The number of hydrogen-bond donors (Lipinski definition) is 3. The van der Waals surface area contributed by atoms with Crippen molar-refractivity contribution < 1.29 is 33.3 Å². The lowest BCUT2D eigenvalue weighted by atomic mass is 9.95.